The fourth-order valence-electron chi connectivity index (χ4n) is 1.09. The first-order chi connectivity index (χ1) is 7.34. The summed E-state index contributed by atoms with van der Waals surface area (Å²) >= 11 is 3.27. The molecule has 0 amide bonds. The van der Waals surface area contributed by atoms with E-state index in [1.165, 1.54) is 0 Å². The van der Waals surface area contributed by atoms with Gasteiger partial charge in [-0.3, -0.25) is 4.98 Å². The minimum atomic E-state index is 0. The van der Waals surface area contributed by atoms with Crippen LogP contribution in [-0.2, 0) is 6.61 Å². The van der Waals surface area contributed by atoms with Gasteiger partial charge < -0.3 is 4.74 Å². The van der Waals surface area contributed by atoms with Gasteiger partial charge >= 0.3 is 0 Å². The number of nitrogens with zero attached hydrogens (tertiary/aromatic N) is 2. The van der Waals surface area contributed by atoms with Crippen molar-refractivity contribution in [2.45, 2.75) is 6.61 Å². The second-order valence-electron chi connectivity index (χ2n) is 2.96. The quantitative estimate of drug-likeness (QED) is 0.816. The van der Waals surface area contributed by atoms with Crippen LogP contribution in [0.4, 0.5) is 0 Å². The average Bonchev–Trinajstić information content (AvgIpc) is 2.30. The highest BCUT2D eigenvalue weighted by atomic mass is 79.9. The summed E-state index contributed by atoms with van der Waals surface area (Å²) in [7, 11) is 0. The van der Waals surface area contributed by atoms with Gasteiger partial charge in [-0.15, -0.1) is 12.4 Å². The third-order valence-electron chi connectivity index (χ3n) is 1.86. The van der Waals surface area contributed by atoms with Crippen LogP contribution in [0.3, 0.4) is 0 Å². The molecule has 0 aliphatic heterocycles. The average molecular weight is 302 g/mol. The Balaban J connectivity index is 0.00000128. The van der Waals surface area contributed by atoms with Crippen LogP contribution in [-0.4, -0.2) is 9.97 Å². The number of halogens is 2. The van der Waals surface area contributed by atoms with Gasteiger partial charge in [0.15, 0.2) is 0 Å². The SMILES string of the molecule is Brc1ccc(OCc2ccncc2)cn1.Cl. The second-order valence-corrected chi connectivity index (χ2v) is 3.77. The summed E-state index contributed by atoms with van der Waals surface area (Å²) in [6.45, 7) is 0.534. The minimum absolute atomic E-state index is 0. The van der Waals surface area contributed by atoms with E-state index in [9.17, 15) is 0 Å². The van der Waals surface area contributed by atoms with Crippen molar-refractivity contribution in [3.8, 4) is 5.75 Å². The van der Waals surface area contributed by atoms with Crippen molar-refractivity contribution in [1.29, 1.82) is 0 Å². The molecule has 0 N–H and O–H groups in total. The number of ether oxygens (including phenoxy) is 1. The van der Waals surface area contributed by atoms with Crippen LogP contribution >= 0.6 is 28.3 Å². The molecule has 0 saturated heterocycles. The van der Waals surface area contributed by atoms with E-state index in [0.29, 0.717) is 6.61 Å². The molecule has 2 heterocycles. The van der Waals surface area contributed by atoms with Crippen molar-refractivity contribution < 1.29 is 4.74 Å². The first kappa shape index (κ1) is 12.9. The third-order valence-corrected chi connectivity index (χ3v) is 2.32. The molecular weight excluding hydrogens is 291 g/mol. The molecular formula is C11H10BrClN2O. The molecule has 0 fully saturated rings. The van der Waals surface area contributed by atoms with Crippen LogP contribution in [0.25, 0.3) is 0 Å². The van der Waals surface area contributed by atoms with E-state index in [1.807, 2.05) is 24.3 Å². The molecule has 3 nitrogen and oxygen atoms in total. The monoisotopic (exact) mass is 300 g/mol. The van der Waals surface area contributed by atoms with Crippen LogP contribution in [0.5, 0.6) is 5.75 Å². The van der Waals surface area contributed by atoms with Gasteiger partial charge in [0.1, 0.15) is 17.0 Å². The van der Waals surface area contributed by atoms with Crippen molar-refractivity contribution in [1.82, 2.24) is 9.97 Å². The summed E-state index contributed by atoms with van der Waals surface area (Å²) in [5.41, 5.74) is 1.09. The smallest absolute Gasteiger partial charge is 0.138 e. The molecule has 0 aliphatic carbocycles. The van der Waals surface area contributed by atoms with Gasteiger partial charge in [0, 0.05) is 12.4 Å². The number of rotatable bonds is 3. The fraction of sp³-hybridized carbons (Fsp3) is 0.0909. The van der Waals surface area contributed by atoms with E-state index in [4.69, 9.17) is 4.74 Å². The largest absolute Gasteiger partial charge is 0.487 e. The van der Waals surface area contributed by atoms with Gasteiger partial charge in [-0.05, 0) is 45.8 Å². The Bertz CT molecular complexity index is 422. The normalized spacial score (nSPS) is 9.31. The highest BCUT2D eigenvalue weighted by molar-refractivity contribution is 9.10. The Kier molecular flexibility index (Phi) is 5.22. The molecule has 0 aliphatic rings. The standard InChI is InChI=1S/C11H9BrN2O.ClH/c12-11-2-1-10(7-14-11)15-8-9-3-5-13-6-4-9;/h1-7H,8H2;1H. The van der Waals surface area contributed by atoms with Gasteiger partial charge in [-0.1, -0.05) is 0 Å². The number of pyridine rings is 2. The van der Waals surface area contributed by atoms with E-state index in [-0.39, 0.29) is 12.4 Å². The molecule has 0 saturated carbocycles. The zero-order valence-electron chi connectivity index (χ0n) is 8.34. The van der Waals surface area contributed by atoms with Crippen LogP contribution in [0.2, 0.25) is 0 Å². The van der Waals surface area contributed by atoms with E-state index >= 15 is 0 Å². The second kappa shape index (κ2) is 6.45. The molecule has 0 atom stereocenters. The molecule has 2 aromatic rings. The van der Waals surface area contributed by atoms with Gasteiger partial charge in [-0.2, -0.15) is 0 Å². The van der Waals surface area contributed by atoms with Crippen LogP contribution < -0.4 is 4.74 Å². The zero-order valence-corrected chi connectivity index (χ0v) is 10.7. The van der Waals surface area contributed by atoms with Gasteiger partial charge in [-0.25, -0.2) is 4.98 Å². The summed E-state index contributed by atoms with van der Waals surface area (Å²) in [6, 6.07) is 7.57. The van der Waals surface area contributed by atoms with Crippen LogP contribution in [0.1, 0.15) is 5.56 Å². The number of hydrogen-bond donors (Lipinski definition) is 0. The number of aromatic nitrogens is 2. The molecule has 84 valence electrons. The first-order valence-corrected chi connectivity index (χ1v) is 5.27. The highest BCUT2D eigenvalue weighted by Crippen LogP contribution is 2.14. The fourth-order valence-corrected chi connectivity index (χ4v) is 1.33. The molecule has 2 rings (SSSR count). The Morgan fingerprint density at radius 1 is 1.12 bits per heavy atom. The van der Waals surface area contributed by atoms with Gasteiger partial charge in [0.25, 0.3) is 0 Å². The van der Waals surface area contributed by atoms with Crippen LogP contribution in [0.15, 0.2) is 47.5 Å². The molecule has 0 spiro atoms. The lowest BCUT2D eigenvalue weighted by Gasteiger charge is -2.04. The minimum Gasteiger partial charge on any atom is -0.487 e. The molecule has 2 aromatic heterocycles. The van der Waals surface area contributed by atoms with E-state index < -0.39 is 0 Å². The molecule has 5 heteroatoms. The summed E-state index contributed by atoms with van der Waals surface area (Å²) in [6.07, 6.45) is 5.18. The summed E-state index contributed by atoms with van der Waals surface area (Å²) in [5, 5.41) is 0. The van der Waals surface area contributed by atoms with Gasteiger partial charge in [0.2, 0.25) is 0 Å². The van der Waals surface area contributed by atoms with Crippen molar-refractivity contribution >= 4 is 28.3 Å². The molecule has 0 aromatic carbocycles. The van der Waals surface area contributed by atoms with Crippen molar-refractivity contribution in [2.75, 3.05) is 0 Å². The van der Waals surface area contributed by atoms with Crippen molar-refractivity contribution in [2.24, 2.45) is 0 Å². The Hall–Kier alpha value is -1.13. The maximum absolute atomic E-state index is 5.54. The Labute approximate surface area is 108 Å². The van der Waals surface area contributed by atoms with E-state index in [1.54, 1.807) is 18.6 Å². The molecule has 16 heavy (non-hydrogen) atoms. The maximum atomic E-state index is 5.54. The highest BCUT2D eigenvalue weighted by Gasteiger charge is 1.95. The Morgan fingerprint density at radius 2 is 1.88 bits per heavy atom. The van der Waals surface area contributed by atoms with Gasteiger partial charge in [0.05, 0.1) is 6.20 Å². The predicted octanol–water partition coefficient (Wildman–Crippen LogP) is 3.24. The molecule has 0 radical (unpaired) electrons. The van der Waals surface area contributed by atoms with Crippen molar-refractivity contribution in [3.63, 3.8) is 0 Å². The summed E-state index contributed by atoms with van der Waals surface area (Å²) < 4.78 is 6.34. The van der Waals surface area contributed by atoms with Crippen molar-refractivity contribution in [3.05, 3.63) is 53.0 Å². The zero-order chi connectivity index (χ0) is 10.5. The molecule has 0 bridgehead atoms. The Morgan fingerprint density at radius 3 is 2.50 bits per heavy atom. The third kappa shape index (κ3) is 3.79. The van der Waals surface area contributed by atoms with Crippen LogP contribution in [0, 0.1) is 0 Å². The van der Waals surface area contributed by atoms with E-state index in [2.05, 4.69) is 25.9 Å². The number of hydrogen-bond acceptors (Lipinski definition) is 3. The maximum Gasteiger partial charge on any atom is 0.138 e. The lowest BCUT2D eigenvalue weighted by atomic mass is 10.3. The lowest BCUT2D eigenvalue weighted by molar-refractivity contribution is 0.305. The first-order valence-electron chi connectivity index (χ1n) is 4.48. The predicted molar refractivity (Wildman–Crippen MR) is 67.8 cm³/mol. The summed E-state index contributed by atoms with van der Waals surface area (Å²) in [5.74, 6) is 0.759. The van der Waals surface area contributed by atoms with E-state index in [0.717, 1.165) is 15.9 Å². The molecule has 0 unspecified atom stereocenters. The topological polar surface area (TPSA) is 35.0 Å². The summed E-state index contributed by atoms with van der Waals surface area (Å²) in [4.78, 5) is 8.01. The lowest BCUT2D eigenvalue weighted by Crippen LogP contribution is -1.95.